The molecule has 3 rings (SSSR count). The summed E-state index contributed by atoms with van der Waals surface area (Å²) in [4.78, 5) is 15.8. The number of rotatable bonds is 3. The molecule has 3 heteroatoms. The summed E-state index contributed by atoms with van der Waals surface area (Å²) in [5, 5.41) is 9.44. The van der Waals surface area contributed by atoms with Crippen LogP contribution in [0, 0.1) is 6.92 Å². The van der Waals surface area contributed by atoms with Crippen LogP contribution in [0.1, 0.15) is 15.9 Å². The zero-order valence-electron chi connectivity index (χ0n) is 12.2. The molecule has 0 fully saturated rings. The maximum Gasteiger partial charge on any atom is 0.337 e. The van der Waals surface area contributed by atoms with E-state index < -0.39 is 5.97 Å². The first-order valence-electron chi connectivity index (χ1n) is 7.01. The maximum absolute atomic E-state index is 11.5. The quantitative estimate of drug-likeness (QED) is 0.776. The summed E-state index contributed by atoms with van der Waals surface area (Å²) in [5.41, 5.74) is 4.60. The number of carboxylic acid groups (broad SMARTS) is 1. The molecular weight excluding hydrogens is 274 g/mol. The predicted octanol–water partition coefficient (Wildman–Crippen LogP) is 4.42. The van der Waals surface area contributed by atoms with Gasteiger partial charge < -0.3 is 5.11 Å². The second-order valence-corrected chi connectivity index (χ2v) is 5.10. The third kappa shape index (κ3) is 2.61. The van der Waals surface area contributed by atoms with Gasteiger partial charge >= 0.3 is 5.97 Å². The molecule has 1 heterocycles. The van der Waals surface area contributed by atoms with E-state index in [1.54, 1.807) is 0 Å². The molecule has 0 saturated heterocycles. The van der Waals surface area contributed by atoms with E-state index in [-0.39, 0.29) is 5.56 Å². The Morgan fingerprint density at radius 1 is 0.955 bits per heavy atom. The number of aromatic carboxylic acids is 1. The van der Waals surface area contributed by atoms with Crippen LogP contribution < -0.4 is 0 Å². The average molecular weight is 289 g/mol. The Hall–Kier alpha value is -2.94. The van der Waals surface area contributed by atoms with Crippen LogP contribution >= 0.6 is 0 Å². The highest BCUT2D eigenvalue weighted by Gasteiger charge is 2.15. The van der Waals surface area contributed by atoms with Gasteiger partial charge in [-0.2, -0.15) is 0 Å². The molecule has 1 aromatic heterocycles. The first kappa shape index (κ1) is 14.0. The summed E-state index contributed by atoms with van der Waals surface area (Å²) in [7, 11) is 0. The molecule has 0 spiro atoms. The zero-order chi connectivity index (χ0) is 15.5. The van der Waals surface area contributed by atoms with Crippen molar-refractivity contribution in [1.82, 2.24) is 4.98 Å². The van der Waals surface area contributed by atoms with Crippen molar-refractivity contribution in [2.24, 2.45) is 0 Å². The Morgan fingerprint density at radius 2 is 1.64 bits per heavy atom. The van der Waals surface area contributed by atoms with Gasteiger partial charge in [0.2, 0.25) is 0 Å². The second-order valence-electron chi connectivity index (χ2n) is 5.10. The Balaban J connectivity index is 2.22. The number of aromatic nitrogens is 1. The van der Waals surface area contributed by atoms with Crippen molar-refractivity contribution in [3.05, 3.63) is 78.0 Å². The van der Waals surface area contributed by atoms with Gasteiger partial charge in [-0.05, 0) is 24.1 Å². The van der Waals surface area contributed by atoms with Gasteiger partial charge in [-0.3, -0.25) is 4.98 Å². The Morgan fingerprint density at radius 3 is 2.32 bits per heavy atom. The van der Waals surface area contributed by atoms with E-state index in [1.807, 2.05) is 67.6 Å². The van der Waals surface area contributed by atoms with Crippen LogP contribution in [0.15, 0.2) is 66.9 Å². The Bertz CT molecular complexity index is 826. The van der Waals surface area contributed by atoms with Crippen LogP contribution in [0.5, 0.6) is 0 Å². The van der Waals surface area contributed by atoms with Gasteiger partial charge in [0.05, 0.1) is 11.3 Å². The fraction of sp³-hybridized carbons (Fsp3) is 0.0526. The molecule has 0 amide bonds. The van der Waals surface area contributed by atoms with Crippen molar-refractivity contribution in [3.8, 4) is 22.4 Å². The highest BCUT2D eigenvalue weighted by molar-refractivity contribution is 5.97. The first-order chi connectivity index (χ1) is 10.7. The molecule has 0 atom stereocenters. The number of benzene rings is 2. The highest BCUT2D eigenvalue weighted by atomic mass is 16.4. The van der Waals surface area contributed by atoms with E-state index >= 15 is 0 Å². The van der Waals surface area contributed by atoms with E-state index in [0.717, 1.165) is 22.4 Å². The molecule has 0 saturated carbocycles. The number of nitrogens with zero attached hydrogens (tertiary/aromatic N) is 1. The second kappa shape index (κ2) is 5.82. The summed E-state index contributed by atoms with van der Waals surface area (Å²) in [6, 6.07) is 19.4. The largest absolute Gasteiger partial charge is 0.478 e. The molecule has 22 heavy (non-hydrogen) atoms. The highest BCUT2D eigenvalue weighted by Crippen LogP contribution is 2.30. The first-order valence-corrected chi connectivity index (χ1v) is 7.01. The maximum atomic E-state index is 11.5. The van der Waals surface area contributed by atoms with Crippen LogP contribution in [-0.4, -0.2) is 16.1 Å². The Kier molecular flexibility index (Phi) is 3.71. The number of hydrogen-bond donors (Lipinski definition) is 1. The molecule has 0 aliphatic carbocycles. The molecule has 1 N–H and O–H groups in total. The molecule has 0 aliphatic heterocycles. The molecule has 0 radical (unpaired) electrons. The van der Waals surface area contributed by atoms with Gasteiger partial charge in [0, 0.05) is 17.3 Å². The fourth-order valence-electron chi connectivity index (χ4n) is 2.49. The molecule has 3 nitrogen and oxygen atoms in total. The van der Waals surface area contributed by atoms with Crippen molar-refractivity contribution >= 4 is 5.97 Å². The van der Waals surface area contributed by atoms with Gasteiger partial charge in [-0.1, -0.05) is 54.6 Å². The van der Waals surface area contributed by atoms with Gasteiger partial charge in [0.15, 0.2) is 0 Å². The number of carboxylic acids is 1. The Labute approximate surface area is 128 Å². The minimum absolute atomic E-state index is 0.217. The minimum atomic E-state index is -0.967. The lowest BCUT2D eigenvalue weighted by atomic mass is 9.95. The normalized spacial score (nSPS) is 10.4. The molecule has 108 valence electrons. The van der Waals surface area contributed by atoms with E-state index in [2.05, 4.69) is 4.98 Å². The number of hydrogen-bond acceptors (Lipinski definition) is 2. The van der Waals surface area contributed by atoms with Crippen molar-refractivity contribution in [1.29, 1.82) is 0 Å². The van der Waals surface area contributed by atoms with Crippen LogP contribution in [0.3, 0.4) is 0 Å². The van der Waals surface area contributed by atoms with Crippen LogP contribution in [0.25, 0.3) is 22.4 Å². The monoisotopic (exact) mass is 289 g/mol. The SMILES string of the molecule is Cc1ccccc1-c1cc(-c2ccccc2)ncc1C(=O)O. The fourth-order valence-corrected chi connectivity index (χ4v) is 2.49. The molecular formula is C19H15NO2. The molecule has 0 unspecified atom stereocenters. The van der Waals surface area contributed by atoms with Crippen molar-refractivity contribution < 1.29 is 9.90 Å². The van der Waals surface area contributed by atoms with Gasteiger partial charge in [-0.15, -0.1) is 0 Å². The average Bonchev–Trinajstić information content (AvgIpc) is 2.55. The predicted molar refractivity (Wildman–Crippen MR) is 86.8 cm³/mol. The van der Waals surface area contributed by atoms with Gasteiger partial charge in [0.1, 0.15) is 0 Å². The lowest BCUT2D eigenvalue weighted by Gasteiger charge is -2.11. The summed E-state index contributed by atoms with van der Waals surface area (Å²) < 4.78 is 0. The molecule has 3 aromatic rings. The third-order valence-electron chi connectivity index (χ3n) is 3.64. The van der Waals surface area contributed by atoms with E-state index in [0.29, 0.717) is 5.56 Å². The summed E-state index contributed by atoms with van der Waals surface area (Å²) in [5.74, 6) is -0.967. The summed E-state index contributed by atoms with van der Waals surface area (Å²) in [6.45, 7) is 1.98. The molecule has 0 aliphatic rings. The van der Waals surface area contributed by atoms with E-state index in [4.69, 9.17) is 0 Å². The van der Waals surface area contributed by atoms with Crippen LogP contribution in [-0.2, 0) is 0 Å². The standard InChI is InChI=1S/C19H15NO2/c1-13-7-5-6-10-15(13)16-11-18(14-8-3-2-4-9-14)20-12-17(16)19(21)22/h2-12H,1H3,(H,21,22). The number of carbonyl (C=O) groups is 1. The lowest BCUT2D eigenvalue weighted by Crippen LogP contribution is -2.02. The van der Waals surface area contributed by atoms with Gasteiger partial charge in [0.25, 0.3) is 0 Å². The van der Waals surface area contributed by atoms with Crippen molar-refractivity contribution in [2.75, 3.05) is 0 Å². The zero-order valence-corrected chi connectivity index (χ0v) is 12.2. The molecule has 0 bridgehead atoms. The lowest BCUT2D eigenvalue weighted by molar-refractivity contribution is 0.0697. The van der Waals surface area contributed by atoms with Gasteiger partial charge in [-0.25, -0.2) is 4.79 Å². The number of pyridine rings is 1. The minimum Gasteiger partial charge on any atom is -0.478 e. The van der Waals surface area contributed by atoms with Crippen LogP contribution in [0.2, 0.25) is 0 Å². The summed E-state index contributed by atoms with van der Waals surface area (Å²) in [6.07, 6.45) is 1.44. The smallest absolute Gasteiger partial charge is 0.337 e. The van der Waals surface area contributed by atoms with Crippen molar-refractivity contribution in [3.63, 3.8) is 0 Å². The van der Waals surface area contributed by atoms with E-state index in [9.17, 15) is 9.90 Å². The molecule has 2 aromatic carbocycles. The van der Waals surface area contributed by atoms with Crippen LogP contribution in [0.4, 0.5) is 0 Å². The van der Waals surface area contributed by atoms with E-state index in [1.165, 1.54) is 6.20 Å². The summed E-state index contributed by atoms with van der Waals surface area (Å²) >= 11 is 0. The number of aryl methyl sites for hydroxylation is 1. The third-order valence-corrected chi connectivity index (χ3v) is 3.64. The topological polar surface area (TPSA) is 50.2 Å². The van der Waals surface area contributed by atoms with Crippen molar-refractivity contribution in [2.45, 2.75) is 6.92 Å².